The van der Waals surface area contributed by atoms with Gasteiger partial charge in [-0.15, -0.1) is 0 Å². The van der Waals surface area contributed by atoms with Crippen LogP contribution < -0.4 is 10.2 Å². The molecule has 0 spiro atoms. The Morgan fingerprint density at radius 2 is 2.00 bits per heavy atom. The zero-order chi connectivity index (χ0) is 17.2. The number of hydrogen-bond acceptors (Lipinski definition) is 2. The molecular weight excluding hydrogens is 336 g/mol. The molecule has 5 heteroatoms. The van der Waals surface area contributed by atoms with E-state index < -0.39 is 5.60 Å². The summed E-state index contributed by atoms with van der Waals surface area (Å²) in [6, 6.07) is 6.06. The van der Waals surface area contributed by atoms with Crippen LogP contribution in [0.1, 0.15) is 44.1 Å². The molecule has 4 bridgehead atoms. The van der Waals surface area contributed by atoms with Gasteiger partial charge in [-0.1, -0.05) is 11.6 Å². The summed E-state index contributed by atoms with van der Waals surface area (Å²) < 4.78 is 0. The van der Waals surface area contributed by atoms with Crippen molar-refractivity contribution in [3.8, 4) is 0 Å². The Morgan fingerprint density at radius 1 is 1.24 bits per heavy atom. The van der Waals surface area contributed by atoms with Crippen molar-refractivity contribution in [3.63, 3.8) is 0 Å². The van der Waals surface area contributed by atoms with E-state index >= 15 is 0 Å². The number of aryl methyl sites for hydroxylation is 1. The summed E-state index contributed by atoms with van der Waals surface area (Å²) in [5, 5.41) is 14.8. The fourth-order valence-electron chi connectivity index (χ4n) is 6.21. The van der Waals surface area contributed by atoms with Crippen molar-refractivity contribution in [2.75, 3.05) is 11.4 Å². The van der Waals surface area contributed by atoms with Crippen LogP contribution in [0.3, 0.4) is 0 Å². The summed E-state index contributed by atoms with van der Waals surface area (Å²) in [7, 11) is 0. The predicted octanol–water partition coefficient (Wildman–Crippen LogP) is 3.74. The Morgan fingerprint density at radius 3 is 2.72 bits per heavy atom. The van der Waals surface area contributed by atoms with Crippen molar-refractivity contribution in [2.45, 2.75) is 56.6 Å². The standard InChI is InChI=1S/C20H25ClN2O2/c21-16-3-4-17-13(8-16)2-1-5-23(17)19(24)22-18-14-6-12-7-15(18)11-20(25,9-12)10-14/h3-4,8,12,14-15,18,25H,1-2,5-7,9-11H2,(H,22,24). The number of fused-ring (bicyclic) bond motifs is 1. The quantitative estimate of drug-likeness (QED) is 0.801. The first-order valence-corrected chi connectivity index (χ1v) is 9.97. The van der Waals surface area contributed by atoms with Gasteiger partial charge in [0, 0.05) is 23.3 Å². The van der Waals surface area contributed by atoms with E-state index in [0.29, 0.717) is 17.8 Å². The van der Waals surface area contributed by atoms with E-state index in [4.69, 9.17) is 11.6 Å². The average molecular weight is 361 g/mol. The average Bonchev–Trinajstić information content (AvgIpc) is 2.55. The molecule has 2 unspecified atom stereocenters. The van der Waals surface area contributed by atoms with E-state index in [0.717, 1.165) is 67.8 Å². The lowest BCUT2D eigenvalue weighted by atomic mass is 9.52. The third kappa shape index (κ3) is 2.65. The van der Waals surface area contributed by atoms with Gasteiger partial charge in [-0.25, -0.2) is 4.79 Å². The molecule has 5 aliphatic rings. The van der Waals surface area contributed by atoms with Gasteiger partial charge in [0.1, 0.15) is 0 Å². The highest BCUT2D eigenvalue weighted by Gasteiger charge is 2.55. The Bertz CT molecular complexity index is 706. The number of anilines is 1. The highest BCUT2D eigenvalue weighted by atomic mass is 35.5. The zero-order valence-electron chi connectivity index (χ0n) is 14.4. The number of rotatable bonds is 1. The van der Waals surface area contributed by atoms with E-state index in [1.54, 1.807) is 0 Å². The van der Waals surface area contributed by atoms with Crippen LogP contribution in [0.15, 0.2) is 18.2 Å². The lowest BCUT2D eigenvalue weighted by molar-refractivity contribution is -0.136. The van der Waals surface area contributed by atoms with Gasteiger partial charge in [0.25, 0.3) is 0 Å². The molecule has 0 aromatic heterocycles. The van der Waals surface area contributed by atoms with Gasteiger partial charge in [-0.05, 0) is 86.5 Å². The van der Waals surface area contributed by atoms with Crippen LogP contribution in [-0.4, -0.2) is 29.3 Å². The molecule has 2 amide bonds. The summed E-state index contributed by atoms with van der Waals surface area (Å²) >= 11 is 6.11. The van der Waals surface area contributed by atoms with Crippen LogP contribution in [0.5, 0.6) is 0 Å². The van der Waals surface area contributed by atoms with Gasteiger partial charge in [0.05, 0.1) is 5.60 Å². The number of carbonyl (C=O) groups is 1. The van der Waals surface area contributed by atoms with Crippen molar-refractivity contribution in [2.24, 2.45) is 17.8 Å². The van der Waals surface area contributed by atoms with Gasteiger partial charge in [0.2, 0.25) is 0 Å². The minimum Gasteiger partial charge on any atom is -0.390 e. The highest BCUT2D eigenvalue weighted by Crippen LogP contribution is 2.55. The Hall–Kier alpha value is -1.26. The molecule has 6 rings (SSSR count). The van der Waals surface area contributed by atoms with Crippen LogP contribution in [0.25, 0.3) is 0 Å². The number of nitrogens with one attached hydrogen (secondary N) is 1. The summed E-state index contributed by atoms with van der Waals surface area (Å²) in [4.78, 5) is 14.9. The van der Waals surface area contributed by atoms with Crippen LogP contribution in [0.2, 0.25) is 5.02 Å². The van der Waals surface area contributed by atoms with Crippen molar-refractivity contribution in [1.29, 1.82) is 0 Å². The third-order valence-electron chi connectivity index (χ3n) is 6.94. The molecule has 4 fully saturated rings. The fourth-order valence-corrected chi connectivity index (χ4v) is 6.41. The molecule has 1 aromatic carbocycles. The van der Waals surface area contributed by atoms with Gasteiger partial charge in [-0.3, -0.25) is 4.90 Å². The SMILES string of the molecule is O=C(NC1C2CC3CC1CC(O)(C3)C2)N1CCCc2cc(Cl)ccc21. The topological polar surface area (TPSA) is 52.6 Å². The number of nitrogens with zero attached hydrogens (tertiary/aromatic N) is 1. The van der Waals surface area contributed by atoms with E-state index in [1.807, 2.05) is 23.1 Å². The van der Waals surface area contributed by atoms with E-state index in [-0.39, 0.29) is 12.1 Å². The van der Waals surface area contributed by atoms with Crippen LogP contribution >= 0.6 is 11.6 Å². The molecule has 25 heavy (non-hydrogen) atoms. The summed E-state index contributed by atoms with van der Waals surface area (Å²) in [6.07, 6.45) is 6.96. The molecule has 1 heterocycles. The Kier molecular flexibility index (Phi) is 3.58. The number of amides is 2. The zero-order valence-corrected chi connectivity index (χ0v) is 15.1. The maximum absolute atomic E-state index is 13.0. The van der Waals surface area contributed by atoms with Gasteiger partial charge < -0.3 is 10.4 Å². The summed E-state index contributed by atoms with van der Waals surface area (Å²) in [6.45, 7) is 0.759. The molecule has 0 saturated heterocycles. The van der Waals surface area contributed by atoms with Crippen molar-refractivity contribution in [1.82, 2.24) is 5.32 Å². The van der Waals surface area contributed by atoms with E-state index in [2.05, 4.69) is 5.32 Å². The lowest BCUT2D eigenvalue weighted by Crippen LogP contribution is -2.63. The highest BCUT2D eigenvalue weighted by molar-refractivity contribution is 6.30. The third-order valence-corrected chi connectivity index (χ3v) is 7.17. The van der Waals surface area contributed by atoms with Gasteiger partial charge in [0.15, 0.2) is 0 Å². The molecule has 2 N–H and O–H groups in total. The molecule has 4 aliphatic carbocycles. The number of hydrogen-bond donors (Lipinski definition) is 2. The van der Waals surface area contributed by atoms with Crippen molar-refractivity contribution in [3.05, 3.63) is 28.8 Å². The molecule has 1 aromatic rings. The Balaban J connectivity index is 1.35. The van der Waals surface area contributed by atoms with Gasteiger partial charge >= 0.3 is 6.03 Å². The van der Waals surface area contributed by atoms with E-state index in [9.17, 15) is 9.90 Å². The minimum atomic E-state index is -0.452. The number of benzene rings is 1. The summed E-state index contributed by atoms with van der Waals surface area (Å²) in [5.41, 5.74) is 1.70. The van der Waals surface area contributed by atoms with Crippen LogP contribution in [0, 0.1) is 17.8 Å². The van der Waals surface area contributed by atoms with Crippen molar-refractivity contribution < 1.29 is 9.90 Å². The summed E-state index contributed by atoms with van der Waals surface area (Å²) in [5.74, 6) is 1.54. The first-order chi connectivity index (χ1) is 12.0. The molecule has 4 saturated carbocycles. The fraction of sp³-hybridized carbons (Fsp3) is 0.650. The molecule has 2 atom stereocenters. The maximum Gasteiger partial charge on any atom is 0.322 e. The minimum absolute atomic E-state index is 0.0211. The molecule has 0 radical (unpaired) electrons. The second-order valence-corrected chi connectivity index (χ2v) is 9.13. The molecule has 134 valence electrons. The first-order valence-electron chi connectivity index (χ1n) is 9.60. The monoisotopic (exact) mass is 360 g/mol. The number of carbonyl (C=O) groups excluding carboxylic acids is 1. The predicted molar refractivity (Wildman–Crippen MR) is 97.9 cm³/mol. The van der Waals surface area contributed by atoms with Crippen LogP contribution in [0.4, 0.5) is 10.5 Å². The molecular formula is C20H25ClN2O2. The number of aliphatic hydroxyl groups is 1. The number of urea groups is 1. The maximum atomic E-state index is 13.0. The van der Waals surface area contributed by atoms with Gasteiger partial charge in [-0.2, -0.15) is 0 Å². The van der Waals surface area contributed by atoms with E-state index in [1.165, 1.54) is 0 Å². The number of halogens is 1. The van der Waals surface area contributed by atoms with Crippen molar-refractivity contribution >= 4 is 23.3 Å². The largest absolute Gasteiger partial charge is 0.390 e. The normalized spacial score (nSPS) is 38.6. The Labute approximate surface area is 153 Å². The van der Waals surface area contributed by atoms with Crippen LogP contribution in [-0.2, 0) is 6.42 Å². The second-order valence-electron chi connectivity index (χ2n) is 8.70. The first kappa shape index (κ1) is 16.0. The molecule has 1 aliphatic heterocycles. The lowest BCUT2D eigenvalue weighted by Gasteiger charge is -2.58. The second kappa shape index (κ2) is 5.62. The smallest absolute Gasteiger partial charge is 0.322 e. The molecule has 4 nitrogen and oxygen atoms in total.